The Morgan fingerprint density at radius 3 is 0.913 bits per heavy atom. The van der Waals surface area contributed by atoms with Crippen LogP contribution in [0.25, 0.3) is 66.1 Å². The lowest BCUT2D eigenvalue weighted by molar-refractivity contribution is 0.584. The standard InChI is InChI=1S/C44H40N2/c1-43(2,3)37-25-23-29(45-39-19-11-7-15-31(39)32-16-8-12-20-40(32)45)27-35(37)36-28-30(24-26-38(36)44(4,5)6)46-41-21-13-9-17-33(41)34-18-10-14-22-42(34)46/h7-28H,1-6H3. The number of para-hydroxylation sites is 4. The molecule has 0 saturated carbocycles. The van der Waals surface area contributed by atoms with Gasteiger partial charge in [0.2, 0.25) is 0 Å². The normalized spacial score (nSPS) is 12.6. The van der Waals surface area contributed by atoms with Gasteiger partial charge in [0.1, 0.15) is 0 Å². The topological polar surface area (TPSA) is 9.86 Å². The molecule has 0 aliphatic heterocycles. The molecular weight excluding hydrogens is 556 g/mol. The monoisotopic (exact) mass is 596 g/mol. The Kier molecular flexibility index (Phi) is 6.31. The Bertz CT molecular complexity index is 2160. The maximum absolute atomic E-state index is 2.44. The van der Waals surface area contributed by atoms with Gasteiger partial charge in [-0.25, -0.2) is 0 Å². The Hall–Kier alpha value is -5.08. The zero-order valence-corrected chi connectivity index (χ0v) is 27.6. The highest BCUT2D eigenvalue weighted by Crippen LogP contribution is 2.43. The van der Waals surface area contributed by atoms with Gasteiger partial charge in [-0.15, -0.1) is 0 Å². The van der Waals surface area contributed by atoms with Crippen LogP contribution >= 0.6 is 0 Å². The minimum atomic E-state index is -0.0489. The van der Waals surface area contributed by atoms with E-state index in [2.05, 4.69) is 184 Å². The third-order valence-electron chi connectivity index (χ3n) is 9.59. The van der Waals surface area contributed by atoms with Crippen molar-refractivity contribution in [2.24, 2.45) is 0 Å². The second-order valence-electron chi connectivity index (χ2n) is 14.7. The molecular formula is C44H40N2. The van der Waals surface area contributed by atoms with E-state index in [1.165, 1.54) is 77.2 Å². The number of rotatable bonds is 3. The van der Waals surface area contributed by atoms with Crippen molar-refractivity contribution in [3.8, 4) is 22.5 Å². The molecule has 2 heterocycles. The Morgan fingerprint density at radius 2 is 0.630 bits per heavy atom. The fraction of sp³-hybridized carbons (Fsp3) is 0.182. The molecule has 6 aromatic carbocycles. The maximum atomic E-state index is 2.44. The van der Waals surface area contributed by atoms with Gasteiger partial charge in [0.05, 0.1) is 22.1 Å². The molecule has 46 heavy (non-hydrogen) atoms. The van der Waals surface area contributed by atoms with E-state index in [0.29, 0.717) is 0 Å². The Balaban J connectivity index is 1.45. The van der Waals surface area contributed by atoms with Crippen molar-refractivity contribution in [2.45, 2.75) is 52.4 Å². The number of hydrogen-bond acceptors (Lipinski definition) is 0. The molecule has 226 valence electrons. The minimum Gasteiger partial charge on any atom is -0.309 e. The van der Waals surface area contributed by atoms with Gasteiger partial charge >= 0.3 is 0 Å². The van der Waals surface area contributed by atoms with Gasteiger partial charge in [-0.2, -0.15) is 0 Å². The summed E-state index contributed by atoms with van der Waals surface area (Å²) in [4.78, 5) is 0. The highest BCUT2D eigenvalue weighted by Gasteiger charge is 2.26. The largest absolute Gasteiger partial charge is 0.309 e. The van der Waals surface area contributed by atoms with Gasteiger partial charge in [0.15, 0.2) is 0 Å². The van der Waals surface area contributed by atoms with Gasteiger partial charge in [0.25, 0.3) is 0 Å². The molecule has 0 unspecified atom stereocenters. The lowest BCUT2D eigenvalue weighted by Gasteiger charge is -2.29. The van der Waals surface area contributed by atoms with Crippen LogP contribution in [0.3, 0.4) is 0 Å². The van der Waals surface area contributed by atoms with E-state index in [0.717, 1.165) is 0 Å². The minimum absolute atomic E-state index is 0.0489. The van der Waals surface area contributed by atoms with Gasteiger partial charge in [-0.3, -0.25) is 0 Å². The van der Waals surface area contributed by atoms with Crippen LogP contribution in [0.4, 0.5) is 0 Å². The molecule has 0 saturated heterocycles. The summed E-state index contributed by atoms with van der Waals surface area (Å²) < 4.78 is 4.88. The molecule has 0 aliphatic carbocycles. The highest BCUT2D eigenvalue weighted by atomic mass is 15.0. The highest BCUT2D eigenvalue weighted by molar-refractivity contribution is 6.10. The van der Waals surface area contributed by atoms with Gasteiger partial charge in [0, 0.05) is 32.9 Å². The molecule has 0 amide bonds. The van der Waals surface area contributed by atoms with Crippen LogP contribution in [0, 0.1) is 0 Å². The quantitative estimate of drug-likeness (QED) is 0.192. The number of nitrogens with zero attached hydrogens (tertiary/aromatic N) is 2. The fourth-order valence-corrected chi connectivity index (χ4v) is 7.50. The predicted molar refractivity (Wildman–Crippen MR) is 198 cm³/mol. The SMILES string of the molecule is CC(C)(C)c1ccc(-n2c3ccccc3c3ccccc32)cc1-c1cc(-n2c3ccccc3c3ccccc32)ccc1C(C)(C)C. The van der Waals surface area contributed by atoms with Crippen molar-refractivity contribution in [2.75, 3.05) is 0 Å². The van der Waals surface area contributed by atoms with E-state index in [-0.39, 0.29) is 10.8 Å². The smallest absolute Gasteiger partial charge is 0.0541 e. The molecule has 0 atom stereocenters. The van der Waals surface area contributed by atoms with Crippen molar-refractivity contribution >= 4 is 43.6 Å². The average Bonchev–Trinajstić information content (AvgIpc) is 3.57. The lowest BCUT2D eigenvalue weighted by atomic mass is 9.76. The van der Waals surface area contributed by atoms with Crippen LogP contribution in [0.1, 0.15) is 52.7 Å². The summed E-state index contributed by atoms with van der Waals surface area (Å²) in [7, 11) is 0. The van der Waals surface area contributed by atoms with E-state index in [4.69, 9.17) is 0 Å². The van der Waals surface area contributed by atoms with Crippen LogP contribution in [-0.2, 0) is 10.8 Å². The van der Waals surface area contributed by atoms with Gasteiger partial charge in [-0.05, 0) is 81.6 Å². The van der Waals surface area contributed by atoms with Crippen molar-refractivity contribution in [3.63, 3.8) is 0 Å². The number of benzene rings is 6. The third-order valence-corrected chi connectivity index (χ3v) is 9.59. The van der Waals surface area contributed by atoms with Crippen LogP contribution in [-0.4, -0.2) is 9.13 Å². The summed E-state index contributed by atoms with van der Waals surface area (Å²) in [5.41, 5.74) is 12.5. The Morgan fingerprint density at radius 1 is 0.348 bits per heavy atom. The van der Waals surface area contributed by atoms with E-state index in [1.54, 1.807) is 0 Å². The molecule has 0 spiro atoms. The van der Waals surface area contributed by atoms with E-state index >= 15 is 0 Å². The number of aromatic nitrogens is 2. The molecule has 8 aromatic rings. The zero-order chi connectivity index (χ0) is 31.8. The van der Waals surface area contributed by atoms with Crippen molar-refractivity contribution in [1.29, 1.82) is 0 Å². The number of fused-ring (bicyclic) bond motifs is 6. The van der Waals surface area contributed by atoms with Crippen LogP contribution in [0.15, 0.2) is 133 Å². The van der Waals surface area contributed by atoms with Crippen molar-refractivity contribution < 1.29 is 0 Å². The summed E-state index contributed by atoms with van der Waals surface area (Å²) >= 11 is 0. The summed E-state index contributed by atoms with van der Waals surface area (Å²) in [5.74, 6) is 0. The molecule has 0 radical (unpaired) electrons. The summed E-state index contributed by atoms with van der Waals surface area (Å²) in [5, 5.41) is 5.12. The zero-order valence-electron chi connectivity index (χ0n) is 27.6. The summed E-state index contributed by atoms with van der Waals surface area (Å²) in [6, 6.07) is 49.4. The first-order chi connectivity index (χ1) is 22.1. The lowest BCUT2D eigenvalue weighted by Crippen LogP contribution is -2.17. The van der Waals surface area contributed by atoms with Crippen LogP contribution in [0.5, 0.6) is 0 Å². The molecule has 0 aliphatic rings. The van der Waals surface area contributed by atoms with Crippen molar-refractivity contribution in [3.05, 3.63) is 145 Å². The molecule has 2 heteroatoms. The maximum Gasteiger partial charge on any atom is 0.0541 e. The summed E-state index contributed by atoms with van der Waals surface area (Å²) in [6.07, 6.45) is 0. The Labute approximate surface area is 271 Å². The third kappa shape index (κ3) is 4.39. The molecule has 2 nitrogen and oxygen atoms in total. The van der Waals surface area contributed by atoms with Gasteiger partial charge < -0.3 is 9.13 Å². The molecule has 2 aromatic heterocycles. The van der Waals surface area contributed by atoms with E-state index < -0.39 is 0 Å². The average molecular weight is 597 g/mol. The second kappa shape index (κ2) is 10.2. The molecule has 8 rings (SSSR count). The first-order valence-corrected chi connectivity index (χ1v) is 16.4. The second-order valence-corrected chi connectivity index (χ2v) is 14.7. The van der Waals surface area contributed by atoms with Gasteiger partial charge in [-0.1, -0.05) is 126 Å². The van der Waals surface area contributed by atoms with E-state index in [1.807, 2.05) is 0 Å². The molecule has 0 bridgehead atoms. The number of hydrogen-bond donors (Lipinski definition) is 0. The predicted octanol–water partition coefficient (Wildman–Crippen LogP) is 12.1. The first kappa shape index (κ1) is 28.4. The fourth-order valence-electron chi connectivity index (χ4n) is 7.50. The van der Waals surface area contributed by atoms with Crippen molar-refractivity contribution in [1.82, 2.24) is 9.13 Å². The van der Waals surface area contributed by atoms with E-state index in [9.17, 15) is 0 Å². The summed E-state index contributed by atoms with van der Waals surface area (Å²) in [6.45, 7) is 14.0. The first-order valence-electron chi connectivity index (χ1n) is 16.4. The molecule has 0 N–H and O–H groups in total. The molecule has 0 fully saturated rings. The van der Waals surface area contributed by atoms with Crippen LogP contribution in [0.2, 0.25) is 0 Å². The van der Waals surface area contributed by atoms with Crippen LogP contribution < -0.4 is 0 Å².